The molecule has 1 aliphatic heterocycles. The number of aromatic nitrogens is 2. The number of aryl methyl sites for hydroxylation is 2. The third-order valence-electron chi connectivity index (χ3n) is 4.87. The number of halogens is 1. The van der Waals surface area contributed by atoms with Crippen molar-refractivity contribution in [1.29, 1.82) is 0 Å². The third kappa shape index (κ3) is 6.02. The summed E-state index contributed by atoms with van der Waals surface area (Å²) in [4.78, 5) is 6.73. The summed E-state index contributed by atoms with van der Waals surface area (Å²) in [6, 6.07) is 8.57. The molecule has 7 nitrogen and oxygen atoms in total. The number of hydrogen-bond donors (Lipinski definition) is 2. The van der Waals surface area contributed by atoms with E-state index in [4.69, 9.17) is 4.74 Å². The molecule has 1 aromatic heterocycles. The standard InChI is InChI=1S/C20H30N6O.HI/c1-21-20(22-11-6-7-16-13-23-25(2)14-16)24-17-10-12-26(15-17)18-8-4-5-9-19(18)27-3;/h4-5,8-9,13-14,17H,6-7,10-12,15H2,1-3H3,(H2,21,22,24);1H. The second-order valence-corrected chi connectivity index (χ2v) is 6.87. The van der Waals surface area contributed by atoms with Crippen LogP contribution in [0.4, 0.5) is 5.69 Å². The van der Waals surface area contributed by atoms with E-state index in [2.05, 4.69) is 44.0 Å². The number of aliphatic imine (C=N–C) groups is 1. The minimum atomic E-state index is 0. The first kappa shape index (κ1) is 22.3. The van der Waals surface area contributed by atoms with Gasteiger partial charge in [0, 0.05) is 46.0 Å². The van der Waals surface area contributed by atoms with Crippen LogP contribution in [-0.4, -0.2) is 55.6 Å². The Labute approximate surface area is 184 Å². The number of anilines is 1. The van der Waals surface area contributed by atoms with Gasteiger partial charge in [-0.2, -0.15) is 5.10 Å². The van der Waals surface area contributed by atoms with Gasteiger partial charge in [0.15, 0.2) is 5.96 Å². The van der Waals surface area contributed by atoms with Gasteiger partial charge in [-0.05, 0) is 37.0 Å². The molecule has 1 aliphatic rings. The second kappa shape index (κ2) is 11.1. The van der Waals surface area contributed by atoms with Crippen LogP contribution in [0.3, 0.4) is 0 Å². The average molecular weight is 498 g/mol. The number of ether oxygens (including phenoxy) is 1. The molecule has 3 rings (SSSR count). The van der Waals surface area contributed by atoms with Crippen LogP contribution in [0.15, 0.2) is 41.7 Å². The molecule has 1 fully saturated rings. The number of para-hydroxylation sites is 2. The summed E-state index contributed by atoms with van der Waals surface area (Å²) in [6.07, 6.45) is 7.14. The fourth-order valence-electron chi connectivity index (χ4n) is 3.48. The van der Waals surface area contributed by atoms with Crippen molar-refractivity contribution in [3.63, 3.8) is 0 Å². The van der Waals surface area contributed by atoms with Gasteiger partial charge in [0.05, 0.1) is 19.0 Å². The molecule has 0 radical (unpaired) electrons. The molecule has 28 heavy (non-hydrogen) atoms. The number of methoxy groups -OCH3 is 1. The van der Waals surface area contributed by atoms with E-state index in [1.165, 1.54) is 5.56 Å². The maximum absolute atomic E-state index is 5.49. The van der Waals surface area contributed by atoms with E-state index in [0.717, 1.165) is 56.3 Å². The largest absolute Gasteiger partial charge is 0.495 e. The summed E-state index contributed by atoms with van der Waals surface area (Å²) < 4.78 is 7.34. The predicted octanol–water partition coefficient (Wildman–Crippen LogP) is 2.42. The lowest BCUT2D eigenvalue weighted by Crippen LogP contribution is -2.44. The number of nitrogens with one attached hydrogen (secondary N) is 2. The maximum atomic E-state index is 5.49. The number of guanidine groups is 1. The SMILES string of the molecule is CN=C(NCCCc1cnn(C)c1)NC1CCN(c2ccccc2OC)C1.I. The highest BCUT2D eigenvalue weighted by molar-refractivity contribution is 14.0. The first-order chi connectivity index (χ1) is 13.2. The number of benzene rings is 1. The molecule has 2 N–H and O–H groups in total. The van der Waals surface area contributed by atoms with E-state index >= 15 is 0 Å². The van der Waals surface area contributed by atoms with Gasteiger partial charge >= 0.3 is 0 Å². The van der Waals surface area contributed by atoms with Crippen molar-refractivity contribution in [2.75, 3.05) is 38.7 Å². The first-order valence-electron chi connectivity index (χ1n) is 9.52. The fourth-order valence-corrected chi connectivity index (χ4v) is 3.48. The van der Waals surface area contributed by atoms with E-state index in [0.29, 0.717) is 6.04 Å². The molecule has 1 aromatic carbocycles. The van der Waals surface area contributed by atoms with Crippen LogP contribution in [0.1, 0.15) is 18.4 Å². The molecular formula is C20H31IN6O. The number of nitrogens with zero attached hydrogens (tertiary/aromatic N) is 4. The molecule has 154 valence electrons. The van der Waals surface area contributed by atoms with Crippen molar-refractivity contribution in [3.8, 4) is 5.75 Å². The Hall–Kier alpha value is -1.97. The zero-order chi connectivity index (χ0) is 19.1. The Morgan fingerprint density at radius 3 is 2.89 bits per heavy atom. The lowest BCUT2D eigenvalue weighted by molar-refractivity contribution is 0.415. The molecule has 8 heteroatoms. The van der Waals surface area contributed by atoms with E-state index < -0.39 is 0 Å². The summed E-state index contributed by atoms with van der Waals surface area (Å²) in [5, 5.41) is 11.2. The summed E-state index contributed by atoms with van der Waals surface area (Å²) in [5.74, 6) is 1.80. The van der Waals surface area contributed by atoms with Gasteiger partial charge < -0.3 is 20.3 Å². The van der Waals surface area contributed by atoms with Gasteiger partial charge in [-0.25, -0.2) is 0 Å². The van der Waals surface area contributed by atoms with Crippen LogP contribution in [0, 0.1) is 0 Å². The summed E-state index contributed by atoms with van der Waals surface area (Å²) in [5.41, 5.74) is 2.43. The van der Waals surface area contributed by atoms with Crippen LogP contribution in [0.5, 0.6) is 5.75 Å². The van der Waals surface area contributed by atoms with Crippen LogP contribution in [0.25, 0.3) is 0 Å². The van der Waals surface area contributed by atoms with E-state index in [1.54, 1.807) is 7.11 Å². The van der Waals surface area contributed by atoms with Crippen molar-refractivity contribution in [3.05, 3.63) is 42.2 Å². The zero-order valence-corrected chi connectivity index (χ0v) is 19.2. The molecule has 2 heterocycles. The Morgan fingerprint density at radius 2 is 2.18 bits per heavy atom. The van der Waals surface area contributed by atoms with Gasteiger partial charge in [-0.3, -0.25) is 9.67 Å². The molecule has 0 saturated carbocycles. The van der Waals surface area contributed by atoms with E-state index in [1.807, 2.05) is 37.1 Å². The van der Waals surface area contributed by atoms with Gasteiger partial charge in [0.25, 0.3) is 0 Å². The summed E-state index contributed by atoms with van der Waals surface area (Å²) in [6.45, 7) is 2.84. The predicted molar refractivity (Wildman–Crippen MR) is 125 cm³/mol. The van der Waals surface area contributed by atoms with Crippen molar-refractivity contribution in [2.45, 2.75) is 25.3 Å². The van der Waals surface area contributed by atoms with Crippen LogP contribution >= 0.6 is 24.0 Å². The fraction of sp³-hybridized carbons (Fsp3) is 0.500. The second-order valence-electron chi connectivity index (χ2n) is 6.87. The normalized spacial score (nSPS) is 16.6. The average Bonchev–Trinajstić information content (AvgIpc) is 3.33. The molecule has 1 saturated heterocycles. The minimum Gasteiger partial charge on any atom is -0.495 e. The number of hydrogen-bond acceptors (Lipinski definition) is 4. The quantitative estimate of drug-likeness (QED) is 0.266. The highest BCUT2D eigenvalue weighted by Gasteiger charge is 2.25. The van der Waals surface area contributed by atoms with Crippen molar-refractivity contribution in [2.24, 2.45) is 12.0 Å². The maximum Gasteiger partial charge on any atom is 0.191 e. The van der Waals surface area contributed by atoms with Crippen molar-refractivity contribution >= 4 is 35.6 Å². The van der Waals surface area contributed by atoms with Gasteiger partial charge in [0.2, 0.25) is 0 Å². The smallest absolute Gasteiger partial charge is 0.191 e. The molecule has 0 bridgehead atoms. The van der Waals surface area contributed by atoms with Crippen LogP contribution in [0.2, 0.25) is 0 Å². The third-order valence-corrected chi connectivity index (χ3v) is 4.87. The molecule has 1 unspecified atom stereocenters. The lowest BCUT2D eigenvalue weighted by Gasteiger charge is -2.22. The Morgan fingerprint density at radius 1 is 1.36 bits per heavy atom. The van der Waals surface area contributed by atoms with E-state index in [9.17, 15) is 0 Å². The first-order valence-corrected chi connectivity index (χ1v) is 9.52. The van der Waals surface area contributed by atoms with Crippen molar-refractivity contribution < 1.29 is 4.74 Å². The molecule has 2 aromatic rings. The number of rotatable bonds is 7. The van der Waals surface area contributed by atoms with Gasteiger partial charge in [0.1, 0.15) is 5.75 Å². The molecule has 0 aliphatic carbocycles. The van der Waals surface area contributed by atoms with Crippen LogP contribution in [-0.2, 0) is 13.5 Å². The molecular weight excluding hydrogens is 467 g/mol. The highest BCUT2D eigenvalue weighted by atomic mass is 127. The summed E-state index contributed by atoms with van der Waals surface area (Å²) in [7, 11) is 5.49. The Kier molecular flexibility index (Phi) is 8.88. The molecule has 1 atom stereocenters. The minimum absolute atomic E-state index is 0. The monoisotopic (exact) mass is 498 g/mol. The van der Waals surface area contributed by atoms with Gasteiger partial charge in [-0.15, -0.1) is 24.0 Å². The van der Waals surface area contributed by atoms with Crippen LogP contribution < -0.4 is 20.3 Å². The topological polar surface area (TPSA) is 66.7 Å². The Bertz CT molecular complexity index is 763. The summed E-state index contributed by atoms with van der Waals surface area (Å²) >= 11 is 0. The molecule has 0 amide bonds. The molecule has 0 spiro atoms. The Balaban J connectivity index is 0.00000280. The van der Waals surface area contributed by atoms with Crippen molar-refractivity contribution in [1.82, 2.24) is 20.4 Å². The zero-order valence-electron chi connectivity index (χ0n) is 16.9. The highest BCUT2D eigenvalue weighted by Crippen LogP contribution is 2.30. The van der Waals surface area contributed by atoms with Gasteiger partial charge in [-0.1, -0.05) is 12.1 Å². The van der Waals surface area contributed by atoms with E-state index in [-0.39, 0.29) is 24.0 Å². The lowest BCUT2D eigenvalue weighted by atomic mass is 10.2.